The van der Waals surface area contributed by atoms with Crippen LogP contribution in [0.2, 0.25) is 0 Å². The van der Waals surface area contributed by atoms with Crippen molar-refractivity contribution in [2.75, 3.05) is 0 Å². The van der Waals surface area contributed by atoms with E-state index in [-0.39, 0.29) is 5.56 Å². The number of nitrogens with zero attached hydrogens (tertiary/aromatic N) is 2. The first-order valence-corrected chi connectivity index (χ1v) is 5.34. The van der Waals surface area contributed by atoms with Gasteiger partial charge in [-0.2, -0.15) is 0 Å². The molecule has 1 aliphatic carbocycles. The molecule has 0 spiro atoms. The summed E-state index contributed by atoms with van der Waals surface area (Å²) >= 11 is 0. The highest BCUT2D eigenvalue weighted by Gasteiger charge is 2.27. The number of rotatable bonds is 2. The third-order valence-corrected chi connectivity index (χ3v) is 2.76. The summed E-state index contributed by atoms with van der Waals surface area (Å²) in [7, 11) is 0. The molecule has 2 aromatic rings. The van der Waals surface area contributed by atoms with E-state index in [0.29, 0.717) is 11.6 Å². The molecule has 2 heterocycles. The maximum Gasteiger partial charge on any atom is 0.251 e. The van der Waals surface area contributed by atoms with Gasteiger partial charge in [0.05, 0.1) is 17.7 Å². The van der Waals surface area contributed by atoms with Crippen LogP contribution in [0.5, 0.6) is 0 Å². The molecular formula is C12H11N3O. The van der Waals surface area contributed by atoms with Crippen LogP contribution in [0, 0.1) is 0 Å². The van der Waals surface area contributed by atoms with Crippen molar-refractivity contribution in [3.8, 4) is 11.3 Å². The van der Waals surface area contributed by atoms with Crippen LogP contribution >= 0.6 is 0 Å². The van der Waals surface area contributed by atoms with Crippen molar-refractivity contribution in [2.24, 2.45) is 0 Å². The normalized spacial score (nSPS) is 15.0. The largest absolute Gasteiger partial charge is 0.313 e. The van der Waals surface area contributed by atoms with E-state index in [1.54, 1.807) is 6.20 Å². The van der Waals surface area contributed by atoms with E-state index < -0.39 is 0 Å². The van der Waals surface area contributed by atoms with Crippen LogP contribution < -0.4 is 5.56 Å². The summed E-state index contributed by atoms with van der Waals surface area (Å²) in [5, 5.41) is 0. The summed E-state index contributed by atoms with van der Waals surface area (Å²) in [5.74, 6) is 0.553. The van der Waals surface area contributed by atoms with Crippen molar-refractivity contribution in [1.29, 1.82) is 0 Å². The summed E-state index contributed by atoms with van der Waals surface area (Å²) in [5.41, 5.74) is 2.63. The van der Waals surface area contributed by atoms with E-state index in [1.165, 1.54) is 25.2 Å². The number of hydrogen-bond donors (Lipinski definition) is 1. The van der Waals surface area contributed by atoms with Gasteiger partial charge in [-0.1, -0.05) is 0 Å². The van der Waals surface area contributed by atoms with Gasteiger partial charge in [-0.25, -0.2) is 4.98 Å². The molecule has 0 aliphatic heterocycles. The summed E-state index contributed by atoms with van der Waals surface area (Å²) in [6, 6.07) is 5.37. The Kier molecular flexibility index (Phi) is 2.06. The third kappa shape index (κ3) is 1.62. The van der Waals surface area contributed by atoms with Crippen molar-refractivity contribution in [2.45, 2.75) is 18.8 Å². The fourth-order valence-electron chi connectivity index (χ4n) is 1.83. The molecule has 4 heteroatoms. The Labute approximate surface area is 92.4 Å². The second kappa shape index (κ2) is 3.56. The van der Waals surface area contributed by atoms with Crippen LogP contribution in [-0.2, 0) is 0 Å². The minimum Gasteiger partial charge on any atom is -0.313 e. The molecule has 0 bridgehead atoms. The molecule has 0 saturated heterocycles. The monoisotopic (exact) mass is 213 g/mol. The Balaban J connectivity index is 2.15. The van der Waals surface area contributed by atoms with E-state index in [4.69, 9.17) is 0 Å². The van der Waals surface area contributed by atoms with Crippen LogP contribution in [0.3, 0.4) is 0 Å². The maximum absolute atomic E-state index is 11.2. The molecule has 1 fully saturated rings. The summed E-state index contributed by atoms with van der Waals surface area (Å²) in [6.45, 7) is 0. The number of nitrogens with one attached hydrogen (secondary N) is 1. The highest BCUT2D eigenvalue weighted by atomic mass is 16.1. The molecule has 3 rings (SSSR count). The first-order chi connectivity index (χ1) is 7.84. The number of pyridine rings is 1. The highest BCUT2D eigenvalue weighted by Crippen LogP contribution is 2.42. The molecule has 2 aromatic heterocycles. The van der Waals surface area contributed by atoms with Gasteiger partial charge in [0.2, 0.25) is 0 Å². The van der Waals surface area contributed by atoms with Gasteiger partial charge >= 0.3 is 0 Å². The minimum atomic E-state index is -0.129. The second-order valence-corrected chi connectivity index (χ2v) is 4.01. The van der Waals surface area contributed by atoms with Crippen LogP contribution in [0.15, 0.2) is 35.5 Å². The molecule has 1 N–H and O–H groups in total. The Morgan fingerprint density at radius 1 is 1.31 bits per heavy atom. The fraction of sp³-hybridized carbons (Fsp3) is 0.250. The zero-order valence-corrected chi connectivity index (χ0v) is 8.68. The molecule has 0 unspecified atom stereocenters. The predicted octanol–water partition coefficient (Wildman–Crippen LogP) is 1.71. The Morgan fingerprint density at radius 2 is 2.19 bits per heavy atom. The minimum absolute atomic E-state index is 0.129. The zero-order chi connectivity index (χ0) is 11.0. The molecule has 1 saturated carbocycles. The molecule has 4 nitrogen and oxygen atoms in total. The molecule has 1 aliphatic rings. The Morgan fingerprint density at radius 3 is 2.94 bits per heavy atom. The number of aromatic amines is 1. The standard InChI is InChI=1S/C12H11N3O/c16-11-6-10(14-7-15-11)9-2-1-5-13-12(9)8-3-4-8/h1-2,5-8H,3-4H2,(H,14,15,16). The van der Waals surface area contributed by atoms with Crippen molar-refractivity contribution in [3.05, 3.63) is 46.8 Å². The molecule has 0 atom stereocenters. The summed E-state index contributed by atoms with van der Waals surface area (Å²) in [6.07, 6.45) is 5.60. The fourth-order valence-corrected chi connectivity index (χ4v) is 1.83. The van der Waals surface area contributed by atoms with Crippen molar-refractivity contribution in [1.82, 2.24) is 15.0 Å². The van der Waals surface area contributed by atoms with Crippen LogP contribution in [0.25, 0.3) is 11.3 Å². The van der Waals surface area contributed by atoms with E-state index >= 15 is 0 Å². The second-order valence-electron chi connectivity index (χ2n) is 4.01. The topological polar surface area (TPSA) is 58.6 Å². The molecule has 16 heavy (non-hydrogen) atoms. The van der Waals surface area contributed by atoms with Crippen molar-refractivity contribution < 1.29 is 0 Å². The van der Waals surface area contributed by atoms with Gasteiger partial charge < -0.3 is 4.98 Å². The lowest BCUT2D eigenvalue weighted by Gasteiger charge is -2.05. The molecule has 0 aromatic carbocycles. The molecule has 0 radical (unpaired) electrons. The lowest BCUT2D eigenvalue weighted by molar-refractivity contribution is 1.02. The quantitative estimate of drug-likeness (QED) is 0.826. The van der Waals surface area contributed by atoms with Gasteiger partial charge in [0.15, 0.2) is 0 Å². The Hall–Kier alpha value is -1.97. The van der Waals surface area contributed by atoms with Crippen LogP contribution in [0.4, 0.5) is 0 Å². The van der Waals surface area contributed by atoms with Gasteiger partial charge in [0.25, 0.3) is 5.56 Å². The number of aromatic nitrogens is 3. The zero-order valence-electron chi connectivity index (χ0n) is 8.68. The number of H-pyrrole nitrogens is 1. The van der Waals surface area contributed by atoms with Gasteiger partial charge in [-0.05, 0) is 25.0 Å². The smallest absolute Gasteiger partial charge is 0.251 e. The highest BCUT2D eigenvalue weighted by molar-refractivity contribution is 5.62. The first-order valence-electron chi connectivity index (χ1n) is 5.34. The predicted molar refractivity (Wildman–Crippen MR) is 60.1 cm³/mol. The molecule has 80 valence electrons. The van der Waals surface area contributed by atoms with Gasteiger partial charge in [0.1, 0.15) is 0 Å². The van der Waals surface area contributed by atoms with Gasteiger partial charge in [-0.3, -0.25) is 9.78 Å². The average Bonchev–Trinajstić information content (AvgIpc) is 3.13. The average molecular weight is 213 g/mol. The van der Waals surface area contributed by atoms with E-state index in [9.17, 15) is 4.79 Å². The molecular weight excluding hydrogens is 202 g/mol. The number of hydrogen-bond acceptors (Lipinski definition) is 3. The molecule has 0 amide bonds. The van der Waals surface area contributed by atoms with Gasteiger partial charge in [0, 0.05) is 23.7 Å². The van der Waals surface area contributed by atoms with E-state index in [1.807, 2.05) is 12.1 Å². The summed E-state index contributed by atoms with van der Waals surface area (Å²) < 4.78 is 0. The lowest BCUT2D eigenvalue weighted by atomic mass is 10.1. The Bertz CT molecular complexity index is 572. The van der Waals surface area contributed by atoms with Crippen molar-refractivity contribution >= 4 is 0 Å². The van der Waals surface area contributed by atoms with Crippen LogP contribution in [-0.4, -0.2) is 15.0 Å². The summed E-state index contributed by atoms with van der Waals surface area (Å²) in [4.78, 5) is 22.3. The van der Waals surface area contributed by atoms with E-state index in [0.717, 1.165) is 11.3 Å². The van der Waals surface area contributed by atoms with Gasteiger partial charge in [-0.15, -0.1) is 0 Å². The first kappa shape index (κ1) is 9.27. The third-order valence-electron chi connectivity index (χ3n) is 2.76. The lowest BCUT2D eigenvalue weighted by Crippen LogP contribution is -2.05. The van der Waals surface area contributed by atoms with E-state index in [2.05, 4.69) is 15.0 Å². The van der Waals surface area contributed by atoms with Crippen molar-refractivity contribution in [3.63, 3.8) is 0 Å². The van der Waals surface area contributed by atoms with Crippen LogP contribution in [0.1, 0.15) is 24.5 Å². The maximum atomic E-state index is 11.2. The SMILES string of the molecule is O=c1cc(-c2cccnc2C2CC2)nc[nH]1.